The van der Waals surface area contributed by atoms with Crippen LogP contribution in [-0.2, 0) is 12.8 Å². The number of alkyl halides is 3. The highest BCUT2D eigenvalue weighted by molar-refractivity contribution is 9.10. The van der Waals surface area contributed by atoms with Crippen LogP contribution < -0.4 is 10.5 Å². The average Bonchev–Trinajstić information content (AvgIpc) is 2.36. The Hall–Kier alpha value is -1.69. The maximum atomic E-state index is 12.7. The number of halogens is 4. The van der Waals surface area contributed by atoms with Gasteiger partial charge in [0, 0.05) is 21.8 Å². The number of rotatable bonds is 3. The third kappa shape index (κ3) is 3.66. The lowest BCUT2D eigenvalue weighted by Crippen LogP contribution is -2.06. The topological polar surface area (TPSA) is 35.2 Å². The third-order valence-electron chi connectivity index (χ3n) is 2.61. The fourth-order valence-electron chi connectivity index (χ4n) is 1.65. The monoisotopic (exact) mass is 345 g/mol. The van der Waals surface area contributed by atoms with E-state index in [4.69, 9.17) is 10.5 Å². The van der Waals surface area contributed by atoms with Crippen LogP contribution in [-0.4, -0.2) is 0 Å². The molecule has 0 amide bonds. The molecule has 0 saturated carbocycles. The van der Waals surface area contributed by atoms with Crippen LogP contribution in [0.4, 0.5) is 18.9 Å². The van der Waals surface area contributed by atoms with Gasteiger partial charge in [0.1, 0.15) is 12.4 Å². The Morgan fingerprint density at radius 3 is 2.45 bits per heavy atom. The number of hydrogen-bond acceptors (Lipinski definition) is 2. The van der Waals surface area contributed by atoms with E-state index < -0.39 is 11.7 Å². The molecule has 20 heavy (non-hydrogen) atoms. The highest BCUT2D eigenvalue weighted by Gasteiger charge is 2.31. The van der Waals surface area contributed by atoms with Crippen molar-refractivity contribution in [2.24, 2.45) is 0 Å². The van der Waals surface area contributed by atoms with Crippen LogP contribution in [0.3, 0.4) is 0 Å². The fraction of sp³-hybridized carbons (Fsp3) is 0.143. The van der Waals surface area contributed by atoms with Crippen molar-refractivity contribution in [1.29, 1.82) is 0 Å². The minimum atomic E-state index is -4.44. The van der Waals surface area contributed by atoms with Gasteiger partial charge < -0.3 is 10.5 Å². The first kappa shape index (κ1) is 14.7. The zero-order chi connectivity index (χ0) is 14.8. The summed E-state index contributed by atoms with van der Waals surface area (Å²) in [6, 6.07) is 10.5. The number of hydrogen-bond donors (Lipinski definition) is 1. The summed E-state index contributed by atoms with van der Waals surface area (Å²) in [4.78, 5) is 0. The second kappa shape index (κ2) is 5.75. The van der Waals surface area contributed by atoms with Gasteiger partial charge in [0.15, 0.2) is 0 Å². The predicted octanol–water partition coefficient (Wildman–Crippen LogP) is 4.63. The molecule has 0 aromatic heterocycles. The van der Waals surface area contributed by atoms with Crippen molar-refractivity contribution in [3.8, 4) is 5.75 Å². The van der Waals surface area contributed by atoms with Crippen molar-refractivity contribution in [1.82, 2.24) is 0 Å². The van der Waals surface area contributed by atoms with Gasteiger partial charge in [-0.3, -0.25) is 0 Å². The van der Waals surface area contributed by atoms with E-state index in [1.807, 2.05) is 24.3 Å². The van der Waals surface area contributed by atoms with Gasteiger partial charge in [-0.1, -0.05) is 34.1 Å². The van der Waals surface area contributed by atoms with E-state index in [-0.39, 0.29) is 18.0 Å². The molecule has 2 nitrogen and oxygen atoms in total. The molecule has 0 bridgehead atoms. The standard InChI is InChI=1S/C14H11BrF3NO/c15-13-4-2-1-3-9(13)8-20-12-6-10(14(16,17)18)5-11(19)7-12/h1-7H,8,19H2. The highest BCUT2D eigenvalue weighted by atomic mass is 79.9. The quantitative estimate of drug-likeness (QED) is 0.823. The Labute approximate surface area is 122 Å². The first-order chi connectivity index (χ1) is 9.36. The number of nitrogens with two attached hydrogens (primary N) is 1. The largest absolute Gasteiger partial charge is 0.489 e. The number of nitrogen functional groups attached to an aromatic ring is 1. The van der Waals surface area contributed by atoms with E-state index in [0.717, 1.165) is 22.2 Å². The van der Waals surface area contributed by atoms with E-state index in [9.17, 15) is 13.2 Å². The number of ether oxygens (including phenoxy) is 1. The summed E-state index contributed by atoms with van der Waals surface area (Å²) in [5, 5.41) is 0. The van der Waals surface area contributed by atoms with Gasteiger partial charge in [-0.25, -0.2) is 0 Å². The van der Waals surface area contributed by atoms with Crippen molar-refractivity contribution in [2.75, 3.05) is 5.73 Å². The molecule has 2 rings (SSSR count). The molecule has 0 spiro atoms. The lowest BCUT2D eigenvalue weighted by atomic mass is 10.2. The van der Waals surface area contributed by atoms with E-state index in [1.54, 1.807) is 0 Å². The Kier molecular flexibility index (Phi) is 4.23. The molecule has 106 valence electrons. The van der Waals surface area contributed by atoms with Crippen LogP contribution in [0, 0.1) is 0 Å². The van der Waals surface area contributed by atoms with Gasteiger partial charge in [0.05, 0.1) is 5.56 Å². The molecule has 2 aromatic rings. The molecule has 0 heterocycles. The Morgan fingerprint density at radius 1 is 1.10 bits per heavy atom. The zero-order valence-corrected chi connectivity index (χ0v) is 11.8. The summed E-state index contributed by atoms with van der Waals surface area (Å²) in [5.41, 5.74) is 5.50. The molecule has 0 unspecified atom stereocenters. The SMILES string of the molecule is Nc1cc(OCc2ccccc2Br)cc(C(F)(F)F)c1. The van der Waals surface area contributed by atoms with Crippen LogP contribution in [0.5, 0.6) is 5.75 Å². The molecule has 0 aliphatic heterocycles. The van der Waals surface area contributed by atoms with Crippen LogP contribution in [0.25, 0.3) is 0 Å². The predicted molar refractivity (Wildman–Crippen MR) is 74.3 cm³/mol. The lowest BCUT2D eigenvalue weighted by Gasteiger charge is -2.12. The summed E-state index contributed by atoms with van der Waals surface area (Å²) in [7, 11) is 0. The fourth-order valence-corrected chi connectivity index (χ4v) is 2.04. The Morgan fingerprint density at radius 2 is 1.80 bits per heavy atom. The first-order valence-corrected chi connectivity index (χ1v) is 6.49. The van der Waals surface area contributed by atoms with Gasteiger partial charge in [0.2, 0.25) is 0 Å². The number of anilines is 1. The zero-order valence-electron chi connectivity index (χ0n) is 10.2. The second-order valence-corrected chi connectivity index (χ2v) is 5.02. The summed E-state index contributed by atoms with van der Waals surface area (Å²) >= 11 is 3.35. The first-order valence-electron chi connectivity index (χ1n) is 5.70. The maximum absolute atomic E-state index is 12.7. The molecule has 6 heteroatoms. The summed E-state index contributed by atoms with van der Waals surface area (Å²) in [6.07, 6.45) is -4.44. The van der Waals surface area contributed by atoms with Gasteiger partial charge in [-0.15, -0.1) is 0 Å². The lowest BCUT2D eigenvalue weighted by molar-refractivity contribution is -0.137. The summed E-state index contributed by atoms with van der Waals surface area (Å²) < 4.78 is 44.2. The average molecular weight is 346 g/mol. The van der Waals surface area contributed by atoms with Gasteiger partial charge in [-0.2, -0.15) is 13.2 Å². The van der Waals surface area contributed by atoms with E-state index in [2.05, 4.69) is 15.9 Å². The molecular weight excluding hydrogens is 335 g/mol. The van der Waals surface area contributed by atoms with Crippen LogP contribution >= 0.6 is 15.9 Å². The Balaban J connectivity index is 2.18. The molecule has 0 aliphatic rings. The molecule has 0 aliphatic carbocycles. The van der Waals surface area contributed by atoms with Gasteiger partial charge >= 0.3 is 6.18 Å². The van der Waals surface area contributed by atoms with Crippen LogP contribution in [0.15, 0.2) is 46.9 Å². The van der Waals surface area contributed by atoms with E-state index >= 15 is 0 Å². The van der Waals surface area contributed by atoms with Gasteiger partial charge in [-0.05, 0) is 18.2 Å². The van der Waals surface area contributed by atoms with E-state index in [1.165, 1.54) is 6.07 Å². The van der Waals surface area contributed by atoms with Gasteiger partial charge in [0.25, 0.3) is 0 Å². The number of benzene rings is 2. The molecule has 2 N–H and O–H groups in total. The summed E-state index contributed by atoms with van der Waals surface area (Å²) in [5.74, 6) is 0.0908. The molecule has 0 saturated heterocycles. The van der Waals surface area contributed by atoms with Crippen molar-refractivity contribution in [3.63, 3.8) is 0 Å². The molecule has 2 aromatic carbocycles. The third-order valence-corrected chi connectivity index (χ3v) is 3.38. The van der Waals surface area contributed by atoms with Crippen molar-refractivity contribution >= 4 is 21.6 Å². The Bertz CT molecular complexity index is 614. The second-order valence-electron chi connectivity index (χ2n) is 4.17. The van der Waals surface area contributed by atoms with E-state index in [0.29, 0.717) is 0 Å². The molecular formula is C14H11BrF3NO. The maximum Gasteiger partial charge on any atom is 0.416 e. The van der Waals surface area contributed by atoms with Crippen LogP contribution in [0.2, 0.25) is 0 Å². The minimum absolute atomic E-state index is 0.0157. The minimum Gasteiger partial charge on any atom is -0.489 e. The van der Waals surface area contributed by atoms with Crippen LogP contribution in [0.1, 0.15) is 11.1 Å². The molecule has 0 radical (unpaired) electrons. The molecule has 0 atom stereocenters. The molecule has 0 fully saturated rings. The van der Waals surface area contributed by atoms with Crippen molar-refractivity contribution < 1.29 is 17.9 Å². The highest BCUT2D eigenvalue weighted by Crippen LogP contribution is 2.33. The van der Waals surface area contributed by atoms with Crippen molar-refractivity contribution in [2.45, 2.75) is 12.8 Å². The summed E-state index contributed by atoms with van der Waals surface area (Å²) in [6.45, 7) is 0.155. The smallest absolute Gasteiger partial charge is 0.416 e. The normalized spacial score (nSPS) is 11.4. The van der Waals surface area contributed by atoms with Crippen molar-refractivity contribution in [3.05, 3.63) is 58.1 Å².